The van der Waals surface area contributed by atoms with Crippen LogP contribution in [0.4, 0.5) is 0 Å². The van der Waals surface area contributed by atoms with Crippen molar-refractivity contribution in [3.8, 4) is 0 Å². The fourth-order valence-electron chi connectivity index (χ4n) is 3.42. The maximum Gasteiger partial charge on any atom is 0.114 e. The first-order chi connectivity index (χ1) is 11.5. The molecular weight excluding hydrogens is 304 g/mol. The van der Waals surface area contributed by atoms with Crippen molar-refractivity contribution in [1.82, 2.24) is 30.1 Å². The Balaban J connectivity index is 1.70. The van der Waals surface area contributed by atoms with Crippen LogP contribution in [0.2, 0.25) is 0 Å². The molecule has 2 heterocycles. The summed E-state index contributed by atoms with van der Waals surface area (Å²) >= 11 is 0. The maximum absolute atomic E-state index is 10.1. The molecule has 7 nitrogen and oxygen atoms in total. The quantitative estimate of drug-likeness (QED) is 0.845. The third kappa shape index (κ3) is 3.67. The summed E-state index contributed by atoms with van der Waals surface area (Å²) in [6, 6.07) is 2.70. The number of aliphatic hydroxyl groups is 1. The minimum atomic E-state index is -0.955. The lowest BCUT2D eigenvalue weighted by Gasteiger charge is -2.32. The van der Waals surface area contributed by atoms with Crippen molar-refractivity contribution in [3.05, 3.63) is 29.8 Å². The topological polar surface area (TPSA) is 80.8 Å². The monoisotopic (exact) mass is 332 g/mol. The normalized spacial score (nSPS) is 22.0. The van der Waals surface area contributed by atoms with Crippen molar-refractivity contribution in [2.45, 2.75) is 77.2 Å². The molecule has 1 aliphatic carbocycles. The molecule has 0 unspecified atom stereocenters. The number of nitrogens with zero attached hydrogens (tertiary/aromatic N) is 5. The van der Waals surface area contributed by atoms with E-state index in [0.29, 0.717) is 11.7 Å². The zero-order valence-corrected chi connectivity index (χ0v) is 14.8. The Bertz CT molecular complexity index is 656. The standard InChI is InChI=1S/C17H28N6O/c1-4-22-13(9-10-19-22)11-18-14-7-5-6-8-15(14)23-12-16(20-21-23)17(2,3)24/h9-10,12,14-15,18,24H,4-8,11H2,1-3H3/t14-,15+/m0/s1. The molecule has 0 aromatic carbocycles. The molecule has 0 spiro atoms. The van der Waals surface area contributed by atoms with Gasteiger partial charge in [0.15, 0.2) is 0 Å². The Morgan fingerprint density at radius 1 is 1.33 bits per heavy atom. The summed E-state index contributed by atoms with van der Waals surface area (Å²) in [6.07, 6.45) is 8.39. The van der Waals surface area contributed by atoms with Crippen LogP contribution in [0, 0.1) is 0 Å². The number of aromatic nitrogens is 5. The summed E-state index contributed by atoms with van der Waals surface area (Å²) in [5, 5.41) is 26.6. The Morgan fingerprint density at radius 3 is 2.83 bits per heavy atom. The number of aryl methyl sites for hydroxylation is 1. The van der Waals surface area contributed by atoms with E-state index in [-0.39, 0.29) is 6.04 Å². The average molecular weight is 332 g/mol. The summed E-state index contributed by atoms with van der Waals surface area (Å²) in [4.78, 5) is 0. The van der Waals surface area contributed by atoms with Crippen molar-refractivity contribution in [2.24, 2.45) is 0 Å². The van der Waals surface area contributed by atoms with Gasteiger partial charge in [-0.15, -0.1) is 5.10 Å². The second-order valence-corrected chi connectivity index (χ2v) is 7.12. The lowest BCUT2D eigenvalue weighted by molar-refractivity contribution is 0.0736. The zero-order valence-electron chi connectivity index (χ0n) is 14.8. The summed E-state index contributed by atoms with van der Waals surface area (Å²) in [5.74, 6) is 0. The van der Waals surface area contributed by atoms with Gasteiger partial charge in [0.2, 0.25) is 0 Å². The second-order valence-electron chi connectivity index (χ2n) is 7.12. The van der Waals surface area contributed by atoms with Crippen LogP contribution in [-0.4, -0.2) is 35.9 Å². The lowest BCUT2D eigenvalue weighted by atomic mass is 9.90. The van der Waals surface area contributed by atoms with Crippen LogP contribution in [0.5, 0.6) is 0 Å². The van der Waals surface area contributed by atoms with E-state index in [4.69, 9.17) is 0 Å². The molecule has 2 N–H and O–H groups in total. The fourth-order valence-corrected chi connectivity index (χ4v) is 3.42. The van der Waals surface area contributed by atoms with Gasteiger partial charge in [-0.25, -0.2) is 4.68 Å². The van der Waals surface area contributed by atoms with Gasteiger partial charge in [0.05, 0.1) is 17.9 Å². The molecule has 0 saturated heterocycles. The summed E-state index contributed by atoms with van der Waals surface area (Å²) in [6.45, 7) is 7.28. The molecule has 132 valence electrons. The third-order valence-corrected chi connectivity index (χ3v) is 4.86. The van der Waals surface area contributed by atoms with Gasteiger partial charge in [-0.1, -0.05) is 18.1 Å². The molecule has 24 heavy (non-hydrogen) atoms. The SMILES string of the molecule is CCn1nccc1CN[C@H]1CCCC[C@H]1n1cc(C(C)(C)O)nn1. The molecule has 0 aliphatic heterocycles. The third-order valence-electron chi connectivity index (χ3n) is 4.86. The van der Waals surface area contributed by atoms with Gasteiger partial charge in [-0.05, 0) is 39.7 Å². The zero-order chi connectivity index (χ0) is 17.2. The predicted octanol–water partition coefficient (Wildman–Crippen LogP) is 2.00. The maximum atomic E-state index is 10.1. The van der Waals surface area contributed by atoms with Crippen LogP contribution in [0.1, 0.15) is 63.9 Å². The van der Waals surface area contributed by atoms with Crippen molar-refractivity contribution in [2.75, 3.05) is 0 Å². The summed E-state index contributed by atoms with van der Waals surface area (Å²) in [5.41, 5.74) is 0.872. The lowest BCUT2D eigenvalue weighted by Crippen LogP contribution is -2.40. The Labute approximate surface area is 143 Å². The van der Waals surface area contributed by atoms with Crippen molar-refractivity contribution in [3.63, 3.8) is 0 Å². The minimum absolute atomic E-state index is 0.278. The number of rotatable bonds is 6. The molecule has 3 rings (SSSR count). The van der Waals surface area contributed by atoms with E-state index in [2.05, 4.69) is 33.7 Å². The highest BCUT2D eigenvalue weighted by molar-refractivity contribution is 5.05. The van der Waals surface area contributed by atoms with Gasteiger partial charge in [-0.2, -0.15) is 5.10 Å². The first kappa shape index (κ1) is 17.1. The van der Waals surface area contributed by atoms with E-state index in [0.717, 1.165) is 25.9 Å². The molecule has 0 bridgehead atoms. The highest BCUT2D eigenvalue weighted by Crippen LogP contribution is 2.29. The largest absolute Gasteiger partial charge is 0.384 e. The van der Waals surface area contributed by atoms with Crippen LogP contribution in [0.3, 0.4) is 0 Å². The fraction of sp³-hybridized carbons (Fsp3) is 0.706. The molecule has 2 aromatic rings. The Kier molecular flexibility index (Phi) is 5.01. The number of nitrogens with one attached hydrogen (secondary N) is 1. The number of hydrogen-bond donors (Lipinski definition) is 2. The molecular formula is C17H28N6O. The average Bonchev–Trinajstić information content (AvgIpc) is 3.21. The van der Waals surface area contributed by atoms with Crippen LogP contribution < -0.4 is 5.32 Å². The van der Waals surface area contributed by atoms with Gasteiger partial charge in [0, 0.05) is 25.3 Å². The summed E-state index contributed by atoms with van der Waals surface area (Å²) < 4.78 is 3.95. The van der Waals surface area contributed by atoms with E-state index in [1.807, 2.05) is 21.8 Å². The molecule has 2 atom stereocenters. The highest BCUT2D eigenvalue weighted by Gasteiger charge is 2.29. The molecule has 1 saturated carbocycles. The second kappa shape index (κ2) is 7.03. The van der Waals surface area contributed by atoms with Crippen molar-refractivity contribution >= 4 is 0 Å². The van der Waals surface area contributed by atoms with Crippen LogP contribution in [-0.2, 0) is 18.7 Å². The molecule has 0 radical (unpaired) electrons. The highest BCUT2D eigenvalue weighted by atomic mass is 16.3. The van der Waals surface area contributed by atoms with Gasteiger partial charge in [0.25, 0.3) is 0 Å². The van der Waals surface area contributed by atoms with Gasteiger partial charge >= 0.3 is 0 Å². The molecule has 2 aromatic heterocycles. The predicted molar refractivity (Wildman–Crippen MR) is 91.3 cm³/mol. The van der Waals surface area contributed by atoms with Crippen LogP contribution >= 0.6 is 0 Å². The molecule has 0 amide bonds. The van der Waals surface area contributed by atoms with E-state index >= 15 is 0 Å². The molecule has 7 heteroatoms. The van der Waals surface area contributed by atoms with E-state index in [1.165, 1.54) is 18.5 Å². The first-order valence-corrected chi connectivity index (χ1v) is 8.88. The molecule has 1 fully saturated rings. The van der Waals surface area contributed by atoms with Gasteiger partial charge in [0.1, 0.15) is 11.3 Å². The van der Waals surface area contributed by atoms with Gasteiger partial charge < -0.3 is 10.4 Å². The van der Waals surface area contributed by atoms with E-state index in [1.54, 1.807) is 13.8 Å². The Morgan fingerprint density at radius 2 is 2.12 bits per heavy atom. The van der Waals surface area contributed by atoms with E-state index in [9.17, 15) is 5.11 Å². The summed E-state index contributed by atoms with van der Waals surface area (Å²) in [7, 11) is 0. The number of hydrogen-bond acceptors (Lipinski definition) is 5. The van der Waals surface area contributed by atoms with E-state index < -0.39 is 5.60 Å². The van der Waals surface area contributed by atoms with Crippen molar-refractivity contribution < 1.29 is 5.11 Å². The molecule has 1 aliphatic rings. The van der Waals surface area contributed by atoms with Crippen molar-refractivity contribution in [1.29, 1.82) is 0 Å². The van der Waals surface area contributed by atoms with Gasteiger partial charge in [-0.3, -0.25) is 4.68 Å². The minimum Gasteiger partial charge on any atom is -0.384 e. The van der Waals surface area contributed by atoms with Crippen LogP contribution in [0.15, 0.2) is 18.5 Å². The smallest absolute Gasteiger partial charge is 0.114 e. The first-order valence-electron chi connectivity index (χ1n) is 8.88. The Hall–Kier alpha value is -1.73. The van der Waals surface area contributed by atoms with Crippen LogP contribution in [0.25, 0.3) is 0 Å².